The number of amides is 1. The lowest BCUT2D eigenvalue weighted by Gasteiger charge is -2.21. The molecule has 0 aliphatic rings. The van der Waals surface area contributed by atoms with Gasteiger partial charge < -0.3 is 19.5 Å². The van der Waals surface area contributed by atoms with Crippen LogP contribution in [0.3, 0.4) is 0 Å². The van der Waals surface area contributed by atoms with Crippen LogP contribution in [0, 0.1) is 12.7 Å². The van der Waals surface area contributed by atoms with Crippen molar-refractivity contribution in [3.05, 3.63) is 83.7 Å². The lowest BCUT2D eigenvalue weighted by Crippen LogP contribution is -2.25. The molecule has 0 saturated carbocycles. The van der Waals surface area contributed by atoms with Gasteiger partial charge in [-0.25, -0.2) is 12.8 Å². The van der Waals surface area contributed by atoms with Gasteiger partial charge in [0.25, 0.3) is 5.91 Å². The van der Waals surface area contributed by atoms with Gasteiger partial charge in [-0.2, -0.15) is 0 Å². The second-order valence-corrected chi connectivity index (χ2v) is 12.4. The zero-order chi connectivity index (χ0) is 31.3. The number of carbonyl (C=O) groups excluding carboxylic acids is 1. The van der Waals surface area contributed by atoms with Crippen molar-refractivity contribution in [1.82, 2.24) is 20.5 Å². The number of carbonyl (C=O) groups is 1. The molecule has 10 nitrogen and oxygen atoms in total. The van der Waals surface area contributed by atoms with Crippen LogP contribution in [0.25, 0.3) is 55.7 Å². The van der Waals surface area contributed by atoms with Crippen molar-refractivity contribution in [3.8, 4) is 39.7 Å². The number of aryl methyl sites for hydroxylation is 1. The van der Waals surface area contributed by atoms with E-state index < -0.39 is 10.0 Å². The van der Waals surface area contributed by atoms with Crippen LogP contribution in [-0.2, 0) is 10.0 Å². The molecule has 0 unspecified atom stereocenters. The molecule has 6 aromatic rings. The second kappa shape index (κ2) is 10.8. The molecule has 2 N–H and O–H groups in total. The molecule has 224 valence electrons. The third-order valence-electron chi connectivity index (χ3n) is 7.54. The van der Waals surface area contributed by atoms with E-state index in [1.165, 1.54) is 27.3 Å². The molecule has 0 atom stereocenters. The quantitative estimate of drug-likeness (QED) is 0.229. The first-order valence-corrected chi connectivity index (χ1v) is 15.4. The Bertz CT molecular complexity index is 2190. The molecule has 0 fully saturated rings. The fourth-order valence-electron chi connectivity index (χ4n) is 5.16. The minimum atomic E-state index is -3.75. The highest BCUT2D eigenvalue weighted by molar-refractivity contribution is 7.92. The Kier molecular flexibility index (Phi) is 7.08. The average molecular weight is 614 g/mol. The molecule has 12 heteroatoms. The Morgan fingerprint density at radius 2 is 1.77 bits per heavy atom. The van der Waals surface area contributed by atoms with E-state index in [1.54, 1.807) is 36.4 Å². The smallest absolute Gasteiger partial charge is 0.255 e. The number of nitrogens with zero attached hydrogens (tertiary/aromatic N) is 3. The van der Waals surface area contributed by atoms with Crippen molar-refractivity contribution in [3.63, 3.8) is 0 Å². The van der Waals surface area contributed by atoms with Crippen LogP contribution in [0.4, 0.5) is 10.1 Å². The Morgan fingerprint density at radius 3 is 2.43 bits per heavy atom. The van der Waals surface area contributed by atoms with Gasteiger partial charge in [-0.05, 0) is 37.3 Å². The SMILES string of the molecule is CNC(=O)c1c(-c2ccc(C)cc2)oc2cc(N(C)S(C)(=O)=O)c(-c3cc(-c4cc5c(F)cccc5[nH]4)nnc3OC)cc12. The molecule has 0 aliphatic heterocycles. The summed E-state index contributed by atoms with van der Waals surface area (Å²) in [6, 6.07) is 18.8. The van der Waals surface area contributed by atoms with E-state index in [4.69, 9.17) is 9.15 Å². The van der Waals surface area contributed by atoms with Crippen LogP contribution >= 0.6 is 0 Å². The van der Waals surface area contributed by atoms with Gasteiger partial charge in [0.1, 0.15) is 22.9 Å². The maximum atomic E-state index is 14.5. The lowest BCUT2D eigenvalue weighted by molar-refractivity contribution is 0.0964. The van der Waals surface area contributed by atoms with Crippen LogP contribution in [0.1, 0.15) is 15.9 Å². The normalized spacial score (nSPS) is 11.7. The summed E-state index contributed by atoms with van der Waals surface area (Å²) < 4.78 is 53.1. The van der Waals surface area contributed by atoms with Gasteiger partial charge in [0.05, 0.1) is 30.3 Å². The molecule has 1 amide bonds. The fraction of sp³-hybridized carbons (Fsp3) is 0.156. The molecular formula is C32H28FN5O5S. The molecule has 3 aromatic carbocycles. The first-order chi connectivity index (χ1) is 21.0. The number of aromatic amines is 1. The van der Waals surface area contributed by atoms with Gasteiger partial charge in [0.2, 0.25) is 15.9 Å². The van der Waals surface area contributed by atoms with E-state index in [9.17, 15) is 17.6 Å². The van der Waals surface area contributed by atoms with Gasteiger partial charge in [-0.1, -0.05) is 35.9 Å². The molecule has 44 heavy (non-hydrogen) atoms. The zero-order valence-corrected chi connectivity index (χ0v) is 25.3. The van der Waals surface area contributed by atoms with Crippen LogP contribution < -0.4 is 14.4 Å². The summed E-state index contributed by atoms with van der Waals surface area (Å²) in [5.74, 6) is -0.317. The Morgan fingerprint density at radius 1 is 1.02 bits per heavy atom. The number of fused-ring (bicyclic) bond motifs is 2. The third kappa shape index (κ3) is 4.92. The van der Waals surface area contributed by atoms with E-state index >= 15 is 0 Å². The number of benzene rings is 3. The highest BCUT2D eigenvalue weighted by Gasteiger charge is 2.27. The number of halogens is 1. The Balaban J connectivity index is 1.65. The molecule has 0 spiro atoms. The number of aromatic nitrogens is 3. The van der Waals surface area contributed by atoms with Crippen LogP contribution in [0.15, 0.2) is 71.1 Å². The lowest BCUT2D eigenvalue weighted by atomic mass is 9.98. The summed E-state index contributed by atoms with van der Waals surface area (Å²) in [4.78, 5) is 16.5. The van der Waals surface area contributed by atoms with Crippen molar-refractivity contribution in [1.29, 1.82) is 0 Å². The van der Waals surface area contributed by atoms with E-state index in [0.29, 0.717) is 55.7 Å². The number of ether oxygens (including phenoxy) is 1. The van der Waals surface area contributed by atoms with Crippen molar-refractivity contribution in [2.45, 2.75) is 6.92 Å². The maximum absolute atomic E-state index is 14.5. The second-order valence-electron chi connectivity index (χ2n) is 10.4. The first-order valence-electron chi connectivity index (χ1n) is 13.5. The fourth-order valence-corrected chi connectivity index (χ4v) is 5.67. The summed E-state index contributed by atoms with van der Waals surface area (Å²) in [5, 5.41) is 12.1. The number of hydrogen-bond acceptors (Lipinski definition) is 7. The number of anilines is 1. The minimum Gasteiger partial charge on any atom is -0.479 e. The molecule has 0 saturated heterocycles. The van der Waals surface area contributed by atoms with E-state index in [0.717, 1.165) is 16.1 Å². The van der Waals surface area contributed by atoms with E-state index in [2.05, 4.69) is 20.5 Å². The van der Waals surface area contributed by atoms with Crippen molar-refractivity contribution < 1.29 is 26.8 Å². The van der Waals surface area contributed by atoms with Crippen LogP contribution in [0.2, 0.25) is 0 Å². The summed E-state index contributed by atoms with van der Waals surface area (Å²) in [6.07, 6.45) is 1.09. The summed E-state index contributed by atoms with van der Waals surface area (Å²) in [5.41, 5.74) is 4.79. The summed E-state index contributed by atoms with van der Waals surface area (Å²) >= 11 is 0. The summed E-state index contributed by atoms with van der Waals surface area (Å²) in [6.45, 7) is 1.96. The molecule has 3 heterocycles. The maximum Gasteiger partial charge on any atom is 0.255 e. The van der Waals surface area contributed by atoms with Gasteiger partial charge in [0.15, 0.2) is 0 Å². The Labute approximate surface area is 252 Å². The predicted molar refractivity (Wildman–Crippen MR) is 168 cm³/mol. The zero-order valence-electron chi connectivity index (χ0n) is 24.5. The van der Waals surface area contributed by atoms with Gasteiger partial charge >= 0.3 is 0 Å². The van der Waals surface area contributed by atoms with E-state index in [1.807, 2.05) is 31.2 Å². The third-order valence-corrected chi connectivity index (χ3v) is 8.73. The number of hydrogen-bond donors (Lipinski definition) is 2. The number of rotatable bonds is 7. The van der Waals surface area contributed by atoms with Gasteiger partial charge in [-0.3, -0.25) is 9.10 Å². The van der Waals surface area contributed by atoms with Gasteiger partial charge in [-0.15, -0.1) is 10.2 Å². The van der Waals surface area contributed by atoms with Crippen molar-refractivity contribution in [2.24, 2.45) is 0 Å². The largest absolute Gasteiger partial charge is 0.479 e. The average Bonchev–Trinajstić information content (AvgIpc) is 3.62. The standard InChI is InChI=1S/C32H28FN5O5S/c1-17-9-11-18(12-10-17)30-29(31(39)34-2)22-13-19(27(16-28(22)43-30)38(3)44(5,40)41)20-14-26(36-37-32(20)42-4)25-15-21-23(33)7-6-8-24(21)35-25/h6-16,35H,1-5H3,(H,34,39). The molecule has 0 bridgehead atoms. The van der Waals surface area contributed by atoms with Crippen LogP contribution in [0.5, 0.6) is 5.88 Å². The monoisotopic (exact) mass is 613 g/mol. The molecule has 6 rings (SSSR count). The minimum absolute atomic E-state index is 0.113. The van der Waals surface area contributed by atoms with Gasteiger partial charge in [0, 0.05) is 53.1 Å². The van der Waals surface area contributed by atoms with Crippen molar-refractivity contribution >= 4 is 43.5 Å². The highest BCUT2D eigenvalue weighted by atomic mass is 32.2. The predicted octanol–water partition coefficient (Wildman–Crippen LogP) is 5.92. The summed E-state index contributed by atoms with van der Waals surface area (Å²) in [7, 11) is 0.620. The number of furan rings is 1. The number of H-pyrrole nitrogens is 1. The van der Waals surface area contributed by atoms with Crippen molar-refractivity contribution in [2.75, 3.05) is 31.8 Å². The molecular weight excluding hydrogens is 585 g/mol. The number of sulfonamides is 1. The molecule has 0 radical (unpaired) electrons. The van der Waals surface area contributed by atoms with Crippen LogP contribution in [-0.4, -0.2) is 57.0 Å². The number of methoxy groups -OCH3 is 1. The highest BCUT2D eigenvalue weighted by Crippen LogP contribution is 2.44. The van der Waals surface area contributed by atoms with E-state index in [-0.39, 0.29) is 28.9 Å². The number of nitrogens with one attached hydrogen (secondary N) is 2. The molecule has 0 aliphatic carbocycles. The topological polar surface area (TPSA) is 130 Å². The Hall–Kier alpha value is -5.23. The molecule has 3 aromatic heterocycles. The first kappa shape index (κ1) is 28.9.